The van der Waals surface area contributed by atoms with Gasteiger partial charge >= 0.3 is 19.5 Å². The van der Waals surface area contributed by atoms with E-state index in [2.05, 4.69) is 0 Å². The van der Waals surface area contributed by atoms with Crippen LogP contribution in [-0.4, -0.2) is 8.76 Å². The molecule has 0 saturated carbocycles. The standard InChI is InChI=1S/H2NO2S.Ru/c1-4(2)3;/h1H,(H,2,3);/q-1;+1/p-1. The number of hydrogen-bond acceptors (Lipinski definition) is 2. The molecule has 0 amide bonds. The summed E-state index contributed by atoms with van der Waals surface area (Å²) >= 11 is -2.61. The van der Waals surface area contributed by atoms with Crippen molar-refractivity contribution in [1.82, 2.24) is 0 Å². The second-order valence-electron chi connectivity index (χ2n) is 0.235. The summed E-state index contributed by atoms with van der Waals surface area (Å²) in [6.45, 7) is 0. The van der Waals surface area contributed by atoms with Crippen molar-refractivity contribution in [1.29, 1.82) is 0 Å². The molecular weight excluding hydrogens is 179 g/mol. The summed E-state index contributed by atoms with van der Waals surface area (Å²) in [6, 6.07) is 0. The molecule has 0 rings (SSSR count). The molecule has 1 unspecified atom stereocenters. The summed E-state index contributed by atoms with van der Waals surface area (Å²) in [6.07, 6.45) is 0. The molecule has 0 fully saturated rings. The number of hydrogen-bond donors (Lipinski definition) is 0. The Labute approximate surface area is 45.1 Å². The third-order valence-corrected chi connectivity index (χ3v) is 0. The van der Waals surface area contributed by atoms with Crippen molar-refractivity contribution in [3.05, 3.63) is 5.14 Å². The Kier molecular flexibility index (Phi) is 8.63. The molecule has 1 N–H and O–H groups in total. The maximum Gasteiger partial charge on any atom is 1.00 e. The first kappa shape index (κ1) is 9.19. The van der Waals surface area contributed by atoms with Crippen molar-refractivity contribution in [2.45, 2.75) is 0 Å². The third kappa shape index (κ3) is 70.8. The molecule has 0 aliphatic carbocycles. The van der Waals surface area contributed by atoms with Crippen LogP contribution in [0.3, 0.4) is 0 Å². The van der Waals surface area contributed by atoms with Crippen LogP contribution in [0.25, 0.3) is 5.14 Å². The molecule has 0 saturated heterocycles. The molecule has 1 radical (unpaired) electrons. The van der Waals surface area contributed by atoms with Gasteiger partial charge in [-0.2, -0.15) is 11.3 Å². The van der Waals surface area contributed by atoms with E-state index in [9.17, 15) is 0 Å². The Hall–Kier alpha value is 0.693. The average molecular weight is 180 g/mol. The Morgan fingerprint density at radius 3 is 1.80 bits per heavy atom. The van der Waals surface area contributed by atoms with Crippen molar-refractivity contribution < 1.29 is 28.2 Å². The minimum atomic E-state index is -2.61. The number of nitrogens with one attached hydrogen (secondary N) is 1. The molecule has 1 atom stereocenters. The Morgan fingerprint density at radius 1 is 1.80 bits per heavy atom. The summed E-state index contributed by atoms with van der Waals surface area (Å²) in [4.78, 5) is 0. The van der Waals surface area contributed by atoms with Gasteiger partial charge in [0.2, 0.25) is 0 Å². The fourth-order valence-corrected chi connectivity index (χ4v) is 0. The number of rotatable bonds is 0. The molecule has 3 nitrogen and oxygen atoms in total. The van der Waals surface area contributed by atoms with Gasteiger partial charge < -0.3 is 9.69 Å². The molecule has 0 aliphatic rings. The zero-order chi connectivity index (χ0) is 3.58. The molecule has 5 heavy (non-hydrogen) atoms. The minimum Gasteiger partial charge on any atom is -0.789 e. The SMILES string of the molecule is [NH-]S(=O)[O-].[Ru+]. The first-order valence-electron chi connectivity index (χ1n) is 0.537. The van der Waals surface area contributed by atoms with Crippen LogP contribution in [0.4, 0.5) is 0 Å². The van der Waals surface area contributed by atoms with Gasteiger partial charge in [0.25, 0.3) is 0 Å². The quantitative estimate of drug-likeness (QED) is 0.383. The molecular formula is HNO2RuS-. The van der Waals surface area contributed by atoms with E-state index in [4.69, 9.17) is 13.9 Å². The van der Waals surface area contributed by atoms with Crippen molar-refractivity contribution in [2.75, 3.05) is 0 Å². The van der Waals surface area contributed by atoms with Crippen molar-refractivity contribution >= 4 is 11.3 Å². The van der Waals surface area contributed by atoms with E-state index in [1.54, 1.807) is 0 Å². The topological polar surface area (TPSA) is 63.9 Å². The summed E-state index contributed by atoms with van der Waals surface area (Å²) in [5.41, 5.74) is 0. The van der Waals surface area contributed by atoms with Gasteiger partial charge in [-0.05, 0) is 0 Å². The summed E-state index contributed by atoms with van der Waals surface area (Å²) in [5.74, 6) is 0. The molecule has 0 heterocycles. The van der Waals surface area contributed by atoms with E-state index in [1.807, 2.05) is 0 Å². The first-order valence-corrected chi connectivity index (χ1v) is 1.61. The smallest absolute Gasteiger partial charge is 0.789 e. The average Bonchev–Trinajstić information content (AvgIpc) is 0.811. The van der Waals surface area contributed by atoms with Crippen LogP contribution < -0.4 is 0 Å². The van der Waals surface area contributed by atoms with Crippen LogP contribution in [0.5, 0.6) is 0 Å². The van der Waals surface area contributed by atoms with Crippen LogP contribution in [0.1, 0.15) is 0 Å². The summed E-state index contributed by atoms with van der Waals surface area (Å²) < 4.78 is 17.3. The van der Waals surface area contributed by atoms with E-state index in [0.29, 0.717) is 0 Å². The van der Waals surface area contributed by atoms with Gasteiger partial charge in [-0.1, -0.05) is 0 Å². The molecule has 0 aliphatic heterocycles. The Morgan fingerprint density at radius 2 is 1.80 bits per heavy atom. The maximum atomic E-state index is 8.67. The van der Waals surface area contributed by atoms with Gasteiger partial charge in [0, 0.05) is 0 Å². The maximum absolute atomic E-state index is 8.67. The molecule has 0 spiro atoms. The van der Waals surface area contributed by atoms with Gasteiger partial charge in [0.1, 0.15) is 0 Å². The first-order chi connectivity index (χ1) is 1.73. The summed E-state index contributed by atoms with van der Waals surface area (Å²) in [5, 5.41) is 5.50. The van der Waals surface area contributed by atoms with Crippen LogP contribution in [-0.2, 0) is 30.7 Å². The second kappa shape index (κ2) is 4.69. The van der Waals surface area contributed by atoms with Gasteiger partial charge in [0.15, 0.2) is 0 Å². The third-order valence-electron chi connectivity index (χ3n) is 0. The Bertz CT molecular complexity index is 32.6. The van der Waals surface area contributed by atoms with Gasteiger partial charge in [-0.25, -0.2) is 0 Å². The molecule has 33 valence electrons. The van der Waals surface area contributed by atoms with Crippen molar-refractivity contribution in [3.63, 3.8) is 0 Å². The van der Waals surface area contributed by atoms with Crippen LogP contribution in [0.15, 0.2) is 0 Å². The minimum absolute atomic E-state index is 0. The fraction of sp³-hybridized carbons (Fsp3) is 0. The largest absolute Gasteiger partial charge is 1.00 e. The fourth-order valence-electron chi connectivity index (χ4n) is 0. The van der Waals surface area contributed by atoms with E-state index in [1.165, 1.54) is 0 Å². The van der Waals surface area contributed by atoms with Crippen LogP contribution >= 0.6 is 0 Å². The zero-order valence-electron chi connectivity index (χ0n) is 2.08. The molecule has 0 aromatic carbocycles. The van der Waals surface area contributed by atoms with Crippen LogP contribution in [0.2, 0.25) is 0 Å². The van der Waals surface area contributed by atoms with Gasteiger partial charge in [-0.15, -0.1) is 0 Å². The van der Waals surface area contributed by atoms with E-state index < -0.39 is 11.3 Å². The normalized spacial score (nSPS) is 12.4. The predicted molar refractivity (Wildman–Crippen MR) is 13.2 cm³/mol. The molecule has 5 heteroatoms. The second-order valence-corrected chi connectivity index (χ2v) is 0.704. The van der Waals surface area contributed by atoms with Crippen molar-refractivity contribution in [2.24, 2.45) is 0 Å². The van der Waals surface area contributed by atoms with E-state index in [0.717, 1.165) is 0 Å². The van der Waals surface area contributed by atoms with Crippen molar-refractivity contribution in [3.8, 4) is 0 Å². The summed E-state index contributed by atoms with van der Waals surface area (Å²) in [7, 11) is 0. The zero-order valence-corrected chi connectivity index (χ0v) is 4.63. The van der Waals surface area contributed by atoms with Gasteiger partial charge in [0.05, 0.1) is 0 Å². The van der Waals surface area contributed by atoms with Crippen LogP contribution in [0, 0.1) is 0 Å². The molecule has 0 aromatic rings. The Balaban J connectivity index is 0. The van der Waals surface area contributed by atoms with Gasteiger partial charge in [-0.3, -0.25) is 4.21 Å². The van der Waals surface area contributed by atoms with E-state index in [-0.39, 0.29) is 19.5 Å². The van der Waals surface area contributed by atoms with E-state index >= 15 is 0 Å². The monoisotopic (exact) mass is 181 g/mol. The molecule has 0 aromatic heterocycles. The predicted octanol–water partition coefficient (Wildman–Crippen LogP) is -0.170. The molecule has 0 bridgehead atoms.